The van der Waals surface area contributed by atoms with Crippen molar-refractivity contribution < 1.29 is 22.8 Å². The zero-order valence-corrected chi connectivity index (χ0v) is 22.5. The number of sulfone groups is 1. The van der Waals surface area contributed by atoms with Crippen LogP contribution in [0.15, 0.2) is 39.6 Å². The fourth-order valence-electron chi connectivity index (χ4n) is 3.92. The number of halogens is 1. The van der Waals surface area contributed by atoms with E-state index in [1.54, 1.807) is 19.2 Å². The predicted molar refractivity (Wildman–Crippen MR) is 139 cm³/mol. The van der Waals surface area contributed by atoms with Gasteiger partial charge in [-0.15, -0.1) is 11.3 Å². The first kappa shape index (κ1) is 26.9. The van der Waals surface area contributed by atoms with Gasteiger partial charge in [0.05, 0.1) is 4.90 Å². The topological polar surface area (TPSA) is 122 Å². The molecule has 0 saturated heterocycles. The van der Waals surface area contributed by atoms with Gasteiger partial charge in [-0.3, -0.25) is 4.79 Å². The normalized spacial score (nSPS) is 13.3. The van der Waals surface area contributed by atoms with Crippen LogP contribution in [-0.2, 0) is 9.84 Å². The summed E-state index contributed by atoms with van der Waals surface area (Å²) in [7, 11) is -4.13. The minimum absolute atomic E-state index is 0.00519. The van der Waals surface area contributed by atoms with Crippen LogP contribution >= 0.6 is 22.9 Å². The van der Waals surface area contributed by atoms with Gasteiger partial charge < -0.3 is 20.3 Å². The number of aliphatic hydroxyl groups excluding tert-OH is 1. The third-order valence-corrected chi connectivity index (χ3v) is 9.31. The molecule has 0 aliphatic rings. The Kier molecular flexibility index (Phi) is 8.10. The van der Waals surface area contributed by atoms with E-state index in [4.69, 9.17) is 16.1 Å². The minimum atomic E-state index is -4.13. The monoisotopic (exact) mass is 537 g/mol. The lowest BCUT2D eigenvalue weighted by Gasteiger charge is -2.20. The van der Waals surface area contributed by atoms with Gasteiger partial charge in [0.2, 0.25) is 15.7 Å². The molecule has 2 aromatic heterocycles. The number of thiophene rings is 1. The second-order valence-corrected chi connectivity index (χ2v) is 11.7. The highest BCUT2D eigenvalue weighted by atomic mass is 35.5. The first-order chi connectivity index (χ1) is 16.4. The number of aliphatic hydroxyl groups is 1. The van der Waals surface area contributed by atoms with Crippen LogP contribution in [0.4, 0.5) is 11.6 Å². The van der Waals surface area contributed by atoms with Crippen molar-refractivity contribution in [2.24, 2.45) is 0 Å². The van der Waals surface area contributed by atoms with Gasteiger partial charge in [-0.2, -0.15) is 0 Å². The average molecular weight is 538 g/mol. The van der Waals surface area contributed by atoms with Crippen molar-refractivity contribution in [2.75, 3.05) is 17.2 Å². The average Bonchev–Trinajstić information content (AvgIpc) is 3.33. The molecule has 0 fully saturated rings. The van der Waals surface area contributed by atoms with Crippen molar-refractivity contribution >= 4 is 50.3 Å². The highest BCUT2D eigenvalue weighted by Crippen LogP contribution is 2.35. The van der Waals surface area contributed by atoms with Crippen molar-refractivity contribution in [1.82, 2.24) is 5.16 Å². The molecule has 2 atom stereocenters. The fraction of sp³-hybridized carbons (Fsp3) is 0.333. The molecule has 0 aliphatic carbocycles. The van der Waals surface area contributed by atoms with Gasteiger partial charge in [0.25, 0.3) is 5.91 Å². The number of hydrogen-bond acceptors (Lipinski definition) is 8. The maximum absolute atomic E-state index is 13.6. The summed E-state index contributed by atoms with van der Waals surface area (Å²) in [6.07, 6.45) is 1.20. The van der Waals surface area contributed by atoms with Crippen molar-refractivity contribution in [3.8, 4) is 0 Å². The number of benzene rings is 1. The Labute approximate surface area is 213 Å². The summed E-state index contributed by atoms with van der Waals surface area (Å²) in [5.74, 6) is -0.785. The molecule has 188 valence electrons. The van der Waals surface area contributed by atoms with E-state index in [1.165, 1.54) is 6.08 Å². The van der Waals surface area contributed by atoms with Gasteiger partial charge in [0.15, 0.2) is 5.37 Å². The van der Waals surface area contributed by atoms with E-state index in [0.717, 1.165) is 28.0 Å². The van der Waals surface area contributed by atoms with E-state index in [2.05, 4.69) is 22.4 Å². The fourth-order valence-corrected chi connectivity index (χ4v) is 7.08. The molecule has 35 heavy (non-hydrogen) atoms. The van der Waals surface area contributed by atoms with E-state index in [1.807, 2.05) is 32.9 Å². The predicted octanol–water partition coefficient (Wildman–Crippen LogP) is 5.37. The number of anilines is 2. The number of aryl methyl sites for hydroxylation is 4. The lowest BCUT2D eigenvalue weighted by molar-refractivity contribution is 0.102. The largest absolute Gasteiger partial charge is 0.396 e. The standard InChI is InChI=1S/C24H28ClN3O5S2/c1-7-18(27-24-20(25)16(6)28-33-24)35(31,32)22-15(5)11-34-21(22)23(30)26-17-9-12(2)8-13(3)19(17)14(4)10-29/h7-9,11,14,18,27,29H,1,10H2,2-6H3,(H,26,30). The number of amides is 1. The van der Waals surface area contributed by atoms with Gasteiger partial charge in [0.1, 0.15) is 15.6 Å². The Morgan fingerprint density at radius 2 is 1.97 bits per heavy atom. The third kappa shape index (κ3) is 5.30. The summed E-state index contributed by atoms with van der Waals surface area (Å²) in [4.78, 5) is 13.3. The van der Waals surface area contributed by atoms with E-state index in [-0.39, 0.29) is 33.2 Å². The number of carbonyl (C=O) groups excluding carboxylic acids is 1. The Morgan fingerprint density at radius 3 is 2.54 bits per heavy atom. The number of nitrogens with zero attached hydrogens (tertiary/aromatic N) is 1. The number of nitrogens with one attached hydrogen (secondary N) is 2. The first-order valence-electron chi connectivity index (χ1n) is 10.8. The molecule has 0 saturated carbocycles. The summed E-state index contributed by atoms with van der Waals surface area (Å²) >= 11 is 7.17. The Balaban J connectivity index is 2.01. The van der Waals surface area contributed by atoms with Gasteiger partial charge in [-0.25, -0.2) is 8.42 Å². The summed E-state index contributed by atoms with van der Waals surface area (Å²) in [6.45, 7) is 12.5. The molecule has 0 spiro atoms. The van der Waals surface area contributed by atoms with E-state index < -0.39 is 21.1 Å². The van der Waals surface area contributed by atoms with Crippen LogP contribution in [0.1, 0.15) is 50.5 Å². The number of hydrogen-bond donors (Lipinski definition) is 3. The number of aromatic nitrogens is 1. The summed E-state index contributed by atoms with van der Waals surface area (Å²) in [5, 5.41) is 19.5. The molecule has 8 nitrogen and oxygen atoms in total. The maximum atomic E-state index is 13.6. The Morgan fingerprint density at radius 1 is 1.29 bits per heavy atom. The lowest BCUT2D eigenvalue weighted by Crippen LogP contribution is -2.29. The van der Waals surface area contributed by atoms with Gasteiger partial charge in [-0.1, -0.05) is 42.4 Å². The molecule has 3 rings (SSSR count). The number of rotatable bonds is 9. The molecule has 11 heteroatoms. The van der Waals surface area contributed by atoms with E-state index >= 15 is 0 Å². The maximum Gasteiger partial charge on any atom is 0.267 e. The van der Waals surface area contributed by atoms with Gasteiger partial charge in [-0.05, 0) is 61.4 Å². The van der Waals surface area contributed by atoms with Crippen molar-refractivity contribution in [1.29, 1.82) is 0 Å². The zero-order chi connectivity index (χ0) is 26.1. The highest BCUT2D eigenvalue weighted by Gasteiger charge is 2.34. The second kappa shape index (κ2) is 10.5. The lowest BCUT2D eigenvalue weighted by atomic mass is 9.93. The molecule has 0 radical (unpaired) electrons. The van der Waals surface area contributed by atoms with Crippen molar-refractivity contribution in [2.45, 2.75) is 50.8 Å². The molecule has 0 bridgehead atoms. The molecule has 0 aliphatic heterocycles. The Hall–Kier alpha value is -2.66. The quantitative estimate of drug-likeness (QED) is 0.314. The summed E-state index contributed by atoms with van der Waals surface area (Å²) in [5.41, 5.74) is 4.01. The van der Waals surface area contributed by atoms with Crippen LogP contribution in [0, 0.1) is 27.7 Å². The van der Waals surface area contributed by atoms with E-state index in [0.29, 0.717) is 16.9 Å². The van der Waals surface area contributed by atoms with Crippen LogP contribution in [0.2, 0.25) is 5.02 Å². The molecular formula is C24H28ClN3O5S2. The van der Waals surface area contributed by atoms with Crippen molar-refractivity contribution in [3.05, 3.63) is 68.0 Å². The highest BCUT2D eigenvalue weighted by molar-refractivity contribution is 7.92. The minimum Gasteiger partial charge on any atom is -0.396 e. The summed E-state index contributed by atoms with van der Waals surface area (Å²) < 4.78 is 32.4. The summed E-state index contributed by atoms with van der Waals surface area (Å²) in [6, 6.07) is 3.78. The first-order valence-corrected chi connectivity index (χ1v) is 13.6. The van der Waals surface area contributed by atoms with Crippen LogP contribution in [0.5, 0.6) is 0 Å². The third-order valence-electron chi connectivity index (χ3n) is 5.57. The van der Waals surface area contributed by atoms with Crippen LogP contribution in [-0.4, -0.2) is 36.6 Å². The molecule has 2 unspecified atom stereocenters. The Bertz CT molecular complexity index is 1380. The van der Waals surface area contributed by atoms with Crippen LogP contribution in [0.25, 0.3) is 0 Å². The van der Waals surface area contributed by atoms with Crippen LogP contribution in [0.3, 0.4) is 0 Å². The molecule has 3 N–H and O–H groups in total. The molecule has 2 heterocycles. The molecule has 1 amide bonds. The molecule has 1 aromatic carbocycles. The smallest absolute Gasteiger partial charge is 0.267 e. The van der Waals surface area contributed by atoms with Gasteiger partial charge in [0, 0.05) is 18.2 Å². The van der Waals surface area contributed by atoms with E-state index in [9.17, 15) is 18.3 Å². The molecular weight excluding hydrogens is 510 g/mol. The second-order valence-electron chi connectivity index (χ2n) is 8.41. The SMILES string of the molecule is C=CC(Nc1onc(C)c1Cl)S(=O)(=O)c1c(C)csc1C(=O)Nc1cc(C)cc(C)c1C(C)CO. The number of carbonyl (C=O) groups is 1. The van der Waals surface area contributed by atoms with Crippen LogP contribution < -0.4 is 10.6 Å². The van der Waals surface area contributed by atoms with Gasteiger partial charge >= 0.3 is 0 Å². The zero-order valence-electron chi connectivity index (χ0n) is 20.1. The van der Waals surface area contributed by atoms with Crippen molar-refractivity contribution in [3.63, 3.8) is 0 Å². The molecule has 3 aromatic rings.